The molecule has 1 aliphatic heterocycles. The van der Waals surface area contributed by atoms with E-state index in [2.05, 4.69) is 27.3 Å². The fourth-order valence-corrected chi connectivity index (χ4v) is 7.08. The number of thioether (sulfide) groups is 1. The number of tetrazole rings is 1. The molecule has 0 saturated heterocycles. The summed E-state index contributed by atoms with van der Waals surface area (Å²) < 4.78 is 30.9. The van der Waals surface area contributed by atoms with E-state index in [1.807, 2.05) is 60.9 Å². The molecule has 198 valence electrons. The van der Waals surface area contributed by atoms with Crippen LogP contribution in [0, 0.1) is 0 Å². The molecule has 1 unspecified atom stereocenters. The smallest absolute Gasteiger partial charge is 0.339 e. The Morgan fingerprint density at radius 1 is 1.05 bits per heavy atom. The summed E-state index contributed by atoms with van der Waals surface area (Å²) >= 11 is 1.55. The lowest BCUT2D eigenvalue weighted by molar-refractivity contribution is 0.351. The molecule has 38 heavy (non-hydrogen) atoms. The van der Waals surface area contributed by atoms with Gasteiger partial charge in [-0.3, -0.25) is 0 Å². The lowest BCUT2D eigenvalue weighted by Crippen LogP contribution is -2.40. The number of anilines is 2. The Kier molecular flexibility index (Phi) is 7.42. The highest BCUT2D eigenvalue weighted by atomic mass is 32.2. The molecule has 0 amide bonds. The van der Waals surface area contributed by atoms with Gasteiger partial charge in [0.25, 0.3) is 0 Å². The number of benzene rings is 3. The molecular formula is C27H30N6O3S2. The van der Waals surface area contributed by atoms with Crippen molar-refractivity contribution in [2.45, 2.75) is 42.0 Å². The Labute approximate surface area is 226 Å². The van der Waals surface area contributed by atoms with Crippen molar-refractivity contribution in [3.63, 3.8) is 0 Å². The highest BCUT2D eigenvalue weighted by molar-refractivity contribution is 7.98. The molecular weight excluding hydrogens is 520 g/mol. The number of H-pyrrole nitrogens is 1. The van der Waals surface area contributed by atoms with Crippen molar-refractivity contribution in [1.82, 2.24) is 24.5 Å². The molecule has 1 aromatic heterocycles. The van der Waals surface area contributed by atoms with Crippen LogP contribution in [0.1, 0.15) is 26.2 Å². The van der Waals surface area contributed by atoms with E-state index in [0.29, 0.717) is 17.9 Å². The first-order valence-electron chi connectivity index (χ1n) is 12.5. The van der Waals surface area contributed by atoms with Crippen LogP contribution in [0.25, 0.3) is 16.8 Å². The number of fused-ring (bicyclic) bond motifs is 1. The summed E-state index contributed by atoms with van der Waals surface area (Å²) in [7, 11) is -2.11. The molecule has 3 aromatic carbocycles. The van der Waals surface area contributed by atoms with Crippen LogP contribution >= 0.6 is 11.8 Å². The van der Waals surface area contributed by atoms with Gasteiger partial charge in [0.05, 0.1) is 11.4 Å². The molecule has 0 spiro atoms. The fraction of sp³-hybridized carbons (Fsp3) is 0.296. The molecule has 4 aromatic rings. The van der Waals surface area contributed by atoms with Crippen LogP contribution in [0.4, 0.5) is 11.4 Å². The Bertz CT molecular complexity index is 1600. The number of nitrogens with one attached hydrogen (secondary N) is 1. The second kappa shape index (κ2) is 10.8. The van der Waals surface area contributed by atoms with Crippen LogP contribution in [0.15, 0.2) is 81.3 Å². The van der Waals surface area contributed by atoms with Gasteiger partial charge in [0.15, 0.2) is 0 Å². The molecule has 9 nitrogen and oxygen atoms in total. The quantitative estimate of drug-likeness (QED) is 0.333. The first-order chi connectivity index (χ1) is 18.3. The number of likely N-dealkylation sites (N-methyl/N-ethyl adjacent to an activating group) is 1. The van der Waals surface area contributed by atoms with E-state index in [-0.39, 0.29) is 10.9 Å². The molecule has 11 heteroatoms. The third-order valence-electron chi connectivity index (χ3n) is 6.97. The number of para-hydroxylation sites is 1. The number of unbranched alkanes of at least 4 members (excludes halogenated alkanes) is 1. The van der Waals surface area contributed by atoms with Gasteiger partial charge >= 0.3 is 5.69 Å². The summed E-state index contributed by atoms with van der Waals surface area (Å²) in [6, 6.07) is 20.8. The minimum Gasteiger partial charge on any atom is -0.339 e. The van der Waals surface area contributed by atoms with Gasteiger partial charge in [-0.2, -0.15) is 8.99 Å². The standard InChI is InChI=1S/C27H30N6O3S2/c1-4-5-11-22-18-32(20-12-7-6-8-13-20)24-17-25(37-3)23(16-26(24)38(35,36)31(22)2)19-10-9-14-21(15-19)33-27(34)28-29-30-33/h6-10,12-17,22H,4-5,11,18H2,1-3H3,(H,28,30,34). The zero-order valence-corrected chi connectivity index (χ0v) is 23.2. The third kappa shape index (κ3) is 4.77. The molecule has 0 fully saturated rings. The van der Waals surface area contributed by atoms with Crippen LogP contribution in [0.2, 0.25) is 0 Å². The molecule has 0 saturated carbocycles. The maximum Gasteiger partial charge on any atom is 0.365 e. The Morgan fingerprint density at radius 2 is 1.82 bits per heavy atom. The number of rotatable bonds is 7. The lowest BCUT2D eigenvalue weighted by atomic mass is 10.0. The second-order valence-corrected chi connectivity index (χ2v) is 12.1. The molecule has 1 N–H and O–H groups in total. The topological polar surface area (TPSA) is 104 Å². The van der Waals surface area contributed by atoms with E-state index in [1.165, 1.54) is 4.68 Å². The van der Waals surface area contributed by atoms with E-state index >= 15 is 0 Å². The third-order valence-corrected chi connectivity index (χ3v) is 9.69. The van der Waals surface area contributed by atoms with Gasteiger partial charge in [-0.25, -0.2) is 18.3 Å². The SMILES string of the molecule is CCCCC1CN(c2ccccc2)c2cc(SC)c(-c3cccc(-n4nn[nH]c4=O)c3)cc2S(=O)(=O)N1C. The van der Waals surface area contributed by atoms with E-state index in [0.717, 1.165) is 41.0 Å². The summed E-state index contributed by atoms with van der Waals surface area (Å²) in [5, 5.41) is 9.72. The maximum absolute atomic E-state index is 14.1. The molecule has 5 rings (SSSR count). The number of sulfonamides is 1. The fourth-order valence-electron chi connectivity index (χ4n) is 4.87. The van der Waals surface area contributed by atoms with Crippen LogP contribution in [-0.2, 0) is 10.0 Å². The summed E-state index contributed by atoms with van der Waals surface area (Å²) in [5.74, 6) is 0. The van der Waals surface area contributed by atoms with Crippen LogP contribution in [0.5, 0.6) is 0 Å². The van der Waals surface area contributed by atoms with Gasteiger partial charge in [0.1, 0.15) is 4.90 Å². The molecule has 0 radical (unpaired) electrons. The Morgan fingerprint density at radius 3 is 2.50 bits per heavy atom. The zero-order valence-electron chi connectivity index (χ0n) is 21.5. The summed E-state index contributed by atoms with van der Waals surface area (Å²) in [6.07, 6.45) is 4.69. The first kappa shape index (κ1) is 26.2. The molecule has 2 heterocycles. The largest absolute Gasteiger partial charge is 0.365 e. The van der Waals surface area contributed by atoms with Crippen molar-refractivity contribution in [2.24, 2.45) is 0 Å². The lowest BCUT2D eigenvalue weighted by Gasteiger charge is -2.29. The van der Waals surface area contributed by atoms with Crippen LogP contribution < -0.4 is 10.6 Å². The van der Waals surface area contributed by atoms with E-state index < -0.39 is 15.7 Å². The number of aromatic amines is 1. The van der Waals surface area contributed by atoms with Crippen molar-refractivity contribution in [3.05, 3.63) is 77.2 Å². The van der Waals surface area contributed by atoms with Crippen molar-refractivity contribution >= 4 is 33.2 Å². The normalized spacial score (nSPS) is 17.2. The van der Waals surface area contributed by atoms with Crippen molar-refractivity contribution in [3.8, 4) is 16.8 Å². The highest BCUT2D eigenvalue weighted by Crippen LogP contribution is 2.43. The minimum absolute atomic E-state index is 0.170. The zero-order chi connectivity index (χ0) is 26.9. The van der Waals surface area contributed by atoms with Crippen molar-refractivity contribution < 1.29 is 8.42 Å². The predicted octanol–water partition coefficient (Wildman–Crippen LogP) is 4.68. The second-order valence-electron chi connectivity index (χ2n) is 9.25. The molecule has 1 atom stereocenters. The predicted molar refractivity (Wildman–Crippen MR) is 151 cm³/mol. The van der Waals surface area contributed by atoms with Crippen LogP contribution in [-0.4, -0.2) is 58.8 Å². The maximum atomic E-state index is 14.1. The number of hydrogen-bond acceptors (Lipinski definition) is 7. The molecule has 0 aliphatic carbocycles. The van der Waals surface area contributed by atoms with Crippen molar-refractivity contribution in [2.75, 3.05) is 24.7 Å². The van der Waals surface area contributed by atoms with E-state index in [1.54, 1.807) is 35.2 Å². The average molecular weight is 551 g/mol. The van der Waals surface area contributed by atoms with E-state index in [4.69, 9.17) is 0 Å². The summed E-state index contributed by atoms with van der Waals surface area (Å²) in [6.45, 7) is 2.68. The summed E-state index contributed by atoms with van der Waals surface area (Å²) in [4.78, 5) is 15.4. The molecule has 0 bridgehead atoms. The highest BCUT2D eigenvalue weighted by Gasteiger charge is 2.37. The Balaban J connectivity index is 1.72. The van der Waals surface area contributed by atoms with Gasteiger partial charge in [-0.1, -0.05) is 50.1 Å². The number of hydrogen-bond donors (Lipinski definition) is 1. The minimum atomic E-state index is -3.79. The monoisotopic (exact) mass is 550 g/mol. The van der Waals surface area contributed by atoms with Gasteiger partial charge in [0.2, 0.25) is 10.0 Å². The Hall–Kier alpha value is -3.41. The molecule has 1 aliphatic rings. The average Bonchev–Trinajstić information content (AvgIpc) is 3.35. The van der Waals surface area contributed by atoms with Gasteiger partial charge < -0.3 is 4.90 Å². The van der Waals surface area contributed by atoms with Gasteiger partial charge in [-0.05, 0) is 70.6 Å². The van der Waals surface area contributed by atoms with Gasteiger partial charge in [0, 0.05) is 30.2 Å². The van der Waals surface area contributed by atoms with Crippen LogP contribution in [0.3, 0.4) is 0 Å². The van der Waals surface area contributed by atoms with Gasteiger partial charge in [-0.15, -0.1) is 11.8 Å². The van der Waals surface area contributed by atoms with Crippen molar-refractivity contribution in [1.29, 1.82) is 0 Å². The number of nitrogens with zero attached hydrogens (tertiary/aromatic N) is 5. The summed E-state index contributed by atoms with van der Waals surface area (Å²) in [5.41, 5.74) is 3.25. The van der Waals surface area contributed by atoms with E-state index in [9.17, 15) is 13.2 Å². The number of aromatic nitrogens is 4. The first-order valence-corrected chi connectivity index (χ1v) is 15.2.